The SMILES string of the molecule is COc1ccc(CCC(C)NC(C)C2CCCO2)cc1. The van der Waals surface area contributed by atoms with E-state index in [-0.39, 0.29) is 0 Å². The Morgan fingerprint density at radius 2 is 2.05 bits per heavy atom. The summed E-state index contributed by atoms with van der Waals surface area (Å²) < 4.78 is 10.9. The number of hydrogen-bond acceptors (Lipinski definition) is 3. The van der Waals surface area contributed by atoms with Gasteiger partial charge in [-0.3, -0.25) is 0 Å². The van der Waals surface area contributed by atoms with Crippen LogP contribution < -0.4 is 10.1 Å². The smallest absolute Gasteiger partial charge is 0.118 e. The predicted molar refractivity (Wildman–Crippen MR) is 82.3 cm³/mol. The van der Waals surface area contributed by atoms with Gasteiger partial charge in [-0.15, -0.1) is 0 Å². The van der Waals surface area contributed by atoms with Crippen LogP contribution in [0.2, 0.25) is 0 Å². The summed E-state index contributed by atoms with van der Waals surface area (Å²) in [6, 6.07) is 9.31. The van der Waals surface area contributed by atoms with Gasteiger partial charge in [-0.05, 0) is 57.2 Å². The largest absolute Gasteiger partial charge is 0.497 e. The quantitative estimate of drug-likeness (QED) is 0.830. The van der Waals surface area contributed by atoms with Gasteiger partial charge in [0.15, 0.2) is 0 Å². The van der Waals surface area contributed by atoms with Crippen molar-refractivity contribution in [2.45, 2.75) is 57.7 Å². The van der Waals surface area contributed by atoms with E-state index in [0.29, 0.717) is 18.2 Å². The number of rotatable bonds is 7. The minimum atomic E-state index is 0.401. The minimum absolute atomic E-state index is 0.401. The minimum Gasteiger partial charge on any atom is -0.497 e. The highest BCUT2D eigenvalue weighted by Crippen LogP contribution is 2.17. The molecule has 0 aromatic heterocycles. The summed E-state index contributed by atoms with van der Waals surface area (Å²) in [5, 5.41) is 3.66. The van der Waals surface area contributed by atoms with Crippen LogP contribution in [0.15, 0.2) is 24.3 Å². The lowest BCUT2D eigenvalue weighted by atomic mass is 10.0. The lowest BCUT2D eigenvalue weighted by Gasteiger charge is -2.24. The molecule has 1 aliphatic rings. The number of ether oxygens (including phenoxy) is 2. The normalized spacial score (nSPS) is 21.6. The van der Waals surface area contributed by atoms with Crippen molar-refractivity contribution in [3.63, 3.8) is 0 Å². The Morgan fingerprint density at radius 1 is 1.30 bits per heavy atom. The highest BCUT2D eigenvalue weighted by Gasteiger charge is 2.23. The molecule has 0 amide bonds. The van der Waals surface area contributed by atoms with Crippen LogP contribution in [0, 0.1) is 0 Å². The highest BCUT2D eigenvalue weighted by molar-refractivity contribution is 5.27. The van der Waals surface area contributed by atoms with Crippen LogP contribution in [0.3, 0.4) is 0 Å². The fourth-order valence-corrected chi connectivity index (χ4v) is 2.81. The van der Waals surface area contributed by atoms with E-state index in [4.69, 9.17) is 9.47 Å². The molecule has 1 aliphatic heterocycles. The van der Waals surface area contributed by atoms with Crippen LogP contribution in [-0.4, -0.2) is 31.9 Å². The van der Waals surface area contributed by atoms with Crippen molar-refractivity contribution < 1.29 is 9.47 Å². The molecule has 2 rings (SSSR count). The van der Waals surface area contributed by atoms with Crippen molar-refractivity contribution >= 4 is 0 Å². The summed E-state index contributed by atoms with van der Waals surface area (Å²) in [7, 11) is 1.70. The maximum atomic E-state index is 5.73. The van der Waals surface area contributed by atoms with Gasteiger partial charge >= 0.3 is 0 Å². The fourth-order valence-electron chi connectivity index (χ4n) is 2.81. The van der Waals surface area contributed by atoms with E-state index < -0.39 is 0 Å². The molecule has 1 aromatic rings. The van der Waals surface area contributed by atoms with Gasteiger partial charge < -0.3 is 14.8 Å². The van der Waals surface area contributed by atoms with Gasteiger partial charge in [-0.1, -0.05) is 12.1 Å². The molecule has 20 heavy (non-hydrogen) atoms. The maximum Gasteiger partial charge on any atom is 0.118 e. The average Bonchev–Trinajstić information content (AvgIpc) is 3.00. The van der Waals surface area contributed by atoms with E-state index >= 15 is 0 Å². The van der Waals surface area contributed by atoms with Gasteiger partial charge in [-0.25, -0.2) is 0 Å². The second-order valence-corrected chi connectivity index (χ2v) is 5.79. The van der Waals surface area contributed by atoms with Gasteiger partial charge in [0.2, 0.25) is 0 Å². The zero-order valence-corrected chi connectivity index (χ0v) is 12.9. The van der Waals surface area contributed by atoms with Gasteiger partial charge in [0.1, 0.15) is 5.75 Å². The van der Waals surface area contributed by atoms with E-state index in [1.54, 1.807) is 7.11 Å². The van der Waals surface area contributed by atoms with Crippen molar-refractivity contribution in [3.05, 3.63) is 29.8 Å². The second-order valence-electron chi connectivity index (χ2n) is 5.79. The van der Waals surface area contributed by atoms with Gasteiger partial charge in [-0.2, -0.15) is 0 Å². The Hall–Kier alpha value is -1.06. The van der Waals surface area contributed by atoms with Crippen molar-refractivity contribution in [2.24, 2.45) is 0 Å². The van der Waals surface area contributed by atoms with Crippen LogP contribution in [-0.2, 0) is 11.2 Å². The molecule has 3 atom stereocenters. The van der Waals surface area contributed by atoms with Crippen molar-refractivity contribution in [3.8, 4) is 5.75 Å². The van der Waals surface area contributed by atoms with E-state index in [0.717, 1.165) is 25.2 Å². The molecule has 0 aliphatic carbocycles. The van der Waals surface area contributed by atoms with E-state index in [1.165, 1.54) is 18.4 Å². The summed E-state index contributed by atoms with van der Waals surface area (Å²) in [5.41, 5.74) is 1.37. The molecule has 1 N–H and O–H groups in total. The van der Waals surface area contributed by atoms with Gasteiger partial charge in [0, 0.05) is 18.7 Å². The Labute approximate surface area is 122 Å². The Balaban J connectivity index is 1.72. The first kappa shape index (κ1) is 15.3. The average molecular weight is 277 g/mol. The molecule has 3 unspecified atom stereocenters. The van der Waals surface area contributed by atoms with Crippen molar-refractivity contribution in [2.75, 3.05) is 13.7 Å². The summed E-state index contributed by atoms with van der Waals surface area (Å²) >= 11 is 0. The van der Waals surface area contributed by atoms with E-state index in [2.05, 4.69) is 31.3 Å². The molecule has 0 spiro atoms. The van der Waals surface area contributed by atoms with Gasteiger partial charge in [0.05, 0.1) is 13.2 Å². The van der Waals surface area contributed by atoms with Crippen LogP contribution in [0.25, 0.3) is 0 Å². The first-order valence-electron chi connectivity index (χ1n) is 7.69. The van der Waals surface area contributed by atoms with E-state index in [9.17, 15) is 0 Å². The first-order chi connectivity index (χ1) is 9.69. The second kappa shape index (κ2) is 7.65. The topological polar surface area (TPSA) is 30.5 Å². The number of hydrogen-bond donors (Lipinski definition) is 1. The van der Waals surface area contributed by atoms with Crippen LogP contribution >= 0.6 is 0 Å². The third-order valence-electron chi connectivity index (χ3n) is 4.10. The Bertz CT molecular complexity index is 384. The number of methoxy groups -OCH3 is 1. The standard InChI is InChI=1S/C17H27NO2/c1-13(18-14(2)17-5-4-12-20-17)6-7-15-8-10-16(19-3)11-9-15/h8-11,13-14,17-18H,4-7,12H2,1-3H3. The first-order valence-corrected chi connectivity index (χ1v) is 7.69. The number of nitrogens with one attached hydrogen (secondary N) is 1. The van der Waals surface area contributed by atoms with Crippen molar-refractivity contribution in [1.82, 2.24) is 5.32 Å². The molecular formula is C17H27NO2. The van der Waals surface area contributed by atoms with Gasteiger partial charge in [0.25, 0.3) is 0 Å². The Kier molecular flexibility index (Phi) is 5.86. The lowest BCUT2D eigenvalue weighted by molar-refractivity contribution is 0.0800. The molecule has 1 aromatic carbocycles. The fraction of sp³-hybridized carbons (Fsp3) is 0.647. The number of aryl methyl sites for hydroxylation is 1. The molecule has 0 bridgehead atoms. The molecule has 0 saturated carbocycles. The molecular weight excluding hydrogens is 250 g/mol. The monoisotopic (exact) mass is 277 g/mol. The molecule has 1 heterocycles. The Morgan fingerprint density at radius 3 is 2.65 bits per heavy atom. The van der Waals surface area contributed by atoms with Crippen LogP contribution in [0.1, 0.15) is 38.7 Å². The maximum absolute atomic E-state index is 5.73. The summed E-state index contributed by atoms with van der Waals surface area (Å²) in [6.07, 6.45) is 5.04. The summed E-state index contributed by atoms with van der Waals surface area (Å²) in [4.78, 5) is 0. The van der Waals surface area contributed by atoms with E-state index in [1.807, 2.05) is 12.1 Å². The van der Waals surface area contributed by atoms with Crippen LogP contribution in [0.4, 0.5) is 0 Å². The summed E-state index contributed by atoms with van der Waals surface area (Å²) in [6.45, 7) is 5.42. The molecule has 3 heteroatoms. The molecule has 112 valence electrons. The third-order valence-corrected chi connectivity index (χ3v) is 4.10. The zero-order chi connectivity index (χ0) is 14.4. The summed E-state index contributed by atoms with van der Waals surface area (Å²) in [5.74, 6) is 0.923. The third kappa shape index (κ3) is 4.50. The van der Waals surface area contributed by atoms with Crippen molar-refractivity contribution in [1.29, 1.82) is 0 Å². The highest BCUT2D eigenvalue weighted by atomic mass is 16.5. The predicted octanol–water partition coefficient (Wildman–Crippen LogP) is 3.17. The zero-order valence-electron chi connectivity index (χ0n) is 12.9. The van der Waals surface area contributed by atoms with Crippen LogP contribution in [0.5, 0.6) is 5.75 Å². The molecule has 3 nitrogen and oxygen atoms in total. The molecule has 1 saturated heterocycles. The number of benzene rings is 1. The molecule has 0 radical (unpaired) electrons. The molecule has 1 fully saturated rings. The lowest BCUT2D eigenvalue weighted by Crippen LogP contribution is -2.42.